The van der Waals surface area contributed by atoms with Crippen molar-refractivity contribution in [2.45, 2.75) is 12.5 Å². The predicted octanol–water partition coefficient (Wildman–Crippen LogP) is 0.420. The Morgan fingerprint density at radius 1 is 1.26 bits per heavy atom. The Balaban J connectivity index is 1.88. The second-order valence-corrected chi connectivity index (χ2v) is 4.72. The molecule has 100 valence electrons. The van der Waals surface area contributed by atoms with Crippen LogP contribution in [0.15, 0.2) is 18.2 Å². The SMILES string of the molecule is NC1CCN(c2n[nH]c(-c3cc(O)cc(O)c3)n2)C1. The molecule has 1 saturated heterocycles. The summed E-state index contributed by atoms with van der Waals surface area (Å²) >= 11 is 0. The van der Waals surface area contributed by atoms with Gasteiger partial charge in [0.25, 0.3) is 0 Å². The van der Waals surface area contributed by atoms with Gasteiger partial charge in [-0.1, -0.05) is 0 Å². The summed E-state index contributed by atoms with van der Waals surface area (Å²) in [5.41, 5.74) is 6.43. The van der Waals surface area contributed by atoms with Gasteiger partial charge in [0.05, 0.1) is 0 Å². The molecule has 5 N–H and O–H groups in total. The van der Waals surface area contributed by atoms with Crippen LogP contribution in [0.5, 0.6) is 11.5 Å². The average Bonchev–Trinajstić information content (AvgIpc) is 2.95. The molecule has 0 radical (unpaired) electrons. The zero-order chi connectivity index (χ0) is 13.4. The number of phenolic OH excluding ortho intramolecular Hbond substituents is 2. The lowest BCUT2D eigenvalue weighted by molar-refractivity contribution is 0.451. The van der Waals surface area contributed by atoms with Crippen molar-refractivity contribution < 1.29 is 10.2 Å². The Labute approximate surface area is 109 Å². The average molecular weight is 261 g/mol. The quantitative estimate of drug-likeness (QED) is 0.623. The van der Waals surface area contributed by atoms with Crippen LogP contribution in [-0.4, -0.2) is 44.5 Å². The van der Waals surface area contributed by atoms with Gasteiger partial charge in [0.15, 0.2) is 5.82 Å². The fourth-order valence-corrected chi connectivity index (χ4v) is 2.22. The van der Waals surface area contributed by atoms with Crippen molar-refractivity contribution >= 4 is 5.95 Å². The molecule has 0 amide bonds. The van der Waals surface area contributed by atoms with E-state index >= 15 is 0 Å². The van der Waals surface area contributed by atoms with Crippen LogP contribution in [0.25, 0.3) is 11.4 Å². The van der Waals surface area contributed by atoms with E-state index < -0.39 is 0 Å². The zero-order valence-corrected chi connectivity index (χ0v) is 10.2. The van der Waals surface area contributed by atoms with Crippen LogP contribution in [0.2, 0.25) is 0 Å². The number of aromatic hydroxyl groups is 2. The van der Waals surface area contributed by atoms with Crippen molar-refractivity contribution in [2.24, 2.45) is 5.73 Å². The molecule has 1 aromatic heterocycles. The maximum absolute atomic E-state index is 9.46. The van der Waals surface area contributed by atoms with Crippen molar-refractivity contribution in [1.82, 2.24) is 15.2 Å². The molecule has 0 aliphatic carbocycles. The summed E-state index contributed by atoms with van der Waals surface area (Å²) < 4.78 is 0. The minimum absolute atomic E-state index is 0.0175. The molecule has 1 atom stereocenters. The molecule has 1 unspecified atom stereocenters. The number of phenols is 2. The van der Waals surface area contributed by atoms with Gasteiger partial charge in [-0.25, -0.2) is 0 Å². The van der Waals surface area contributed by atoms with E-state index in [-0.39, 0.29) is 17.5 Å². The van der Waals surface area contributed by atoms with Crippen molar-refractivity contribution in [1.29, 1.82) is 0 Å². The van der Waals surface area contributed by atoms with Gasteiger partial charge in [-0.2, -0.15) is 4.98 Å². The minimum atomic E-state index is -0.0175. The summed E-state index contributed by atoms with van der Waals surface area (Å²) in [4.78, 5) is 6.37. The minimum Gasteiger partial charge on any atom is -0.508 e. The van der Waals surface area contributed by atoms with Gasteiger partial charge in [-0.3, -0.25) is 5.10 Å². The Hall–Kier alpha value is -2.28. The maximum Gasteiger partial charge on any atom is 0.245 e. The molecule has 7 nitrogen and oxygen atoms in total. The van der Waals surface area contributed by atoms with Crippen LogP contribution in [0.1, 0.15) is 6.42 Å². The standard InChI is InChI=1S/C12H15N5O2/c13-8-1-2-17(6-8)12-14-11(15-16-12)7-3-9(18)5-10(19)4-7/h3-5,8,18-19H,1-2,6,13H2,(H,14,15,16). The monoisotopic (exact) mass is 261 g/mol. The van der Waals surface area contributed by atoms with E-state index in [9.17, 15) is 10.2 Å². The summed E-state index contributed by atoms with van der Waals surface area (Å²) in [7, 11) is 0. The van der Waals surface area contributed by atoms with Gasteiger partial charge in [-0.15, -0.1) is 5.10 Å². The third kappa shape index (κ3) is 2.32. The first kappa shape index (κ1) is 11.8. The highest BCUT2D eigenvalue weighted by molar-refractivity contribution is 5.61. The third-order valence-corrected chi connectivity index (χ3v) is 3.16. The van der Waals surface area contributed by atoms with Crippen molar-refractivity contribution in [3.8, 4) is 22.9 Å². The number of anilines is 1. The first-order valence-electron chi connectivity index (χ1n) is 6.08. The van der Waals surface area contributed by atoms with E-state index in [0.717, 1.165) is 19.5 Å². The highest BCUT2D eigenvalue weighted by Gasteiger charge is 2.22. The molecule has 1 aromatic carbocycles. The smallest absolute Gasteiger partial charge is 0.245 e. The highest BCUT2D eigenvalue weighted by Crippen LogP contribution is 2.27. The number of nitrogens with two attached hydrogens (primary N) is 1. The molecule has 0 spiro atoms. The van der Waals surface area contributed by atoms with Crippen LogP contribution in [0, 0.1) is 0 Å². The summed E-state index contributed by atoms with van der Waals surface area (Å²) in [6.45, 7) is 1.58. The van der Waals surface area contributed by atoms with Crippen LogP contribution in [0.4, 0.5) is 5.95 Å². The molecule has 2 aromatic rings. The third-order valence-electron chi connectivity index (χ3n) is 3.16. The van der Waals surface area contributed by atoms with Gasteiger partial charge in [0, 0.05) is 30.8 Å². The number of hydrogen-bond donors (Lipinski definition) is 4. The molecule has 0 bridgehead atoms. The Morgan fingerprint density at radius 3 is 2.63 bits per heavy atom. The van der Waals surface area contributed by atoms with E-state index in [4.69, 9.17) is 5.73 Å². The molecule has 3 rings (SSSR count). The topological polar surface area (TPSA) is 111 Å². The summed E-state index contributed by atoms with van der Waals surface area (Å²) in [6.07, 6.45) is 0.927. The maximum atomic E-state index is 9.46. The normalized spacial score (nSPS) is 19.0. The number of nitrogens with zero attached hydrogens (tertiary/aromatic N) is 3. The molecule has 7 heteroatoms. The number of nitrogens with one attached hydrogen (secondary N) is 1. The van der Waals surface area contributed by atoms with Crippen LogP contribution < -0.4 is 10.6 Å². The summed E-state index contributed by atoms with van der Waals surface area (Å²) in [5, 5.41) is 25.9. The van der Waals surface area contributed by atoms with Crippen molar-refractivity contribution in [3.05, 3.63) is 18.2 Å². The first-order chi connectivity index (χ1) is 9.11. The summed E-state index contributed by atoms with van der Waals surface area (Å²) in [5.74, 6) is 1.06. The highest BCUT2D eigenvalue weighted by atomic mass is 16.3. The second kappa shape index (κ2) is 4.43. The van der Waals surface area contributed by atoms with Gasteiger partial charge in [-0.05, 0) is 18.6 Å². The van der Waals surface area contributed by atoms with Crippen molar-refractivity contribution in [2.75, 3.05) is 18.0 Å². The van der Waals surface area contributed by atoms with E-state index in [1.165, 1.54) is 18.2 Å². The second-order valence-electron chi connectivity index (χ2n) is 4.72. The lowest BCUT2D eigenvalue weighted by atomic mass is 10.2. The molecule has 0 saturated carbocycles. The van der Waals surface area contributed by atoms with E-state index in [0.29, 0.717) is 17.3 Å². The molecule has 1 fully saturated rings. The Morgan fingerprint density at radius 2 is 2.00 bits per heavy atom. The van der Waals surface area contributed by atoms with Crippen LogP contribution in [0.3, 0.4) is 0 Å². The van der Waals surface area contributed by atoms with Gasteiger partial charge in [0.2, 0.25) is 5.95 Å². The Bertz CT molecular complexity index is 577. The lowest BCUT2D eigenvalue weighted by Gasteiger charge is -2.11. The lowest BCUT2D eigenvalue weighted by Crippen LogP contribution is -2.26. The number of aromatic nitrogens is 3. The number of hydrogen-bond acceptors (Lipinski definition) is 6. The zero-order valence-electron chi connectivity index (χ0n) is 10.2. The predicted molar refractivity (Wildman–Crippen MR) is 70.0 cm³/mol. The van der Waals surface area contributed by atoms with Crippen molar-refractivity contribution in [3.63, 3.8) is 0 Å². The fourth-order valence-electron chi connectivity index (χ4n) is 2.22. The van der Waals surface area contributed by atoms with Crippen LogP contribution >= 0.6 is 0 Å². The molecule has 1 aliphatic rings. The van der Waals surface area contributed by atoms with Gasteiger partial charge in [0.1, 0.15) is 11.5 Å². The molecular weight excluding hydrogens is 246 g/mol. The molecule has 19 heavy (non-hydrogen) atoms. The number of H-pyrrole nitrogens is 1. The van der Waals surface area contributed by atoms with Gasteiger partial charge >= 0.3 is 0 Å². The molecule has 2 heterocycles. The number of benzene rings is 1. The van der Waals surface area contributed by atoms with E-state index in [1.54, 1.807) is 0 Å². The van der Waals surface area contributed by atoms with Gasteiger partial charge < -0.3 is 20.8 Å². The molecule has 1 aliphatic heterocycles. The first-order valence-corrected chi connectivity index (χ1v) is 6.08. The molecular formula is C12H15N5O2. The summed E-state index contributed by atoms with van der Waals surface area (Å²) in [6, 6.07) is 4.45. The Kier molecular flexibility index (Phi) is 2.75. The number of rotatable bonds is 2. The van der Waals surface area contributed by atoms with Crippen LogP contribution in [-0.2, 0) is 0 Å². The van der Waals surface area contributed by atoms with E-state index in [1.807, 2.05) is 4.90 Å². The largest absolute Gasteiger partial charge is 0.508 e. The van der Waals surface area contributed by atoms with E-state index in [2.05, 4.69) is 15.2 Å². The number of aromatic amines is 1. The fraction of sp³-hybridized carbons (Fsp3) is 0.333.